The maximum Gasteiger partial charge on any atom is 0.166 e. The summed E-state index contributed by atoms with van der Waals surface area (Å²) in [5.41, 5.74) is 1.90. The second-order valence-electron chi connectivity index (χ2n) is 9.36. The molecule has 2 aromatic rings. The fraction of sp³-hybridized carbons (Fsp3) is 0.400. The van der Waals surface area contributed by atoms with Crippen LogP contribution in [-0.2, 0) is 0 Å². The van der Waals surface area contributed by atoms with Gasteiger partial charge in [-0.15, -0.1) is 0 Å². The van der Waals surface area contributed by atoms with Crippen LogP contribution in [0.4, 0.5) is 8.78 Å². The lowest BCUT2D eigenvalue weighted by atomic mass is 9.64. The summed E-state index contributed by atoms with van der Waals surface area (Å²) in [5.74, 6) is 7.84. The van der Waals surface area contributed by atoms with Crippen LogP contribution >= 0.6 is 0 Å². The molecule has 2 saturated carbocycles. The Labute approximate surface area is 196 Å². The molecule has 0 amide bonds. The van der Waals surface area contributed by atoms with E-state index in [-0.39, 0.29) is 18.2 Å². The van der Waals surface area contributed by atoms with Crippen LogP contribution in [0.15, 0.2) is 61.2 Å². The molecule has 4 rings (SSSR count). The maximum atomic E-state index is 14.8. The summed E-state index contributed by atoms with van der Waals surface area (Å²) < 4.78 is 34.2. The lowest BCUT2D eigenvalue weighted by molar-refractivity contribution is 0.133. The third kappa shape index (κ3) is 5.74. The summed E-state index contributed by atoms with van der Waals surface area (Å²) in [7, 11) is 0. The highest BCUT2D eigenvalue weighted by Crippen LogP contribution is 2.47. The van der Waals surface area contributed by atoms with Crippen molar-refractivity contribution < 1.29 is 13.5 Å². The fourth-order valence-electron chi connectivity index (χ4n) is 5.55. The second-order valence-corrected chi connectivity index (χ2v) is 9.36. The Kier molecular flexibility index (Phi) is 7.65. The van der Waals surface area contributed by atoms with Crippen molar-refractivity contribution in [3.63, 3.8) is 0 Å². The van der Waals surface area contributed by atoms with Crippen LogP contribution in [-0.4, -0.2) is 6.61 Å². The zero-order valence-electron chi connectivity index (χ0n) is 19.3. The largest absolute Gasteiger partial charge is 0.486 e. The highest BCUT2D eigenvalue weighted by molar-refractivity contribution is 5.46. The van der Waals surface area contributed by atoms with Gasteiger partial charge in [-0.25, -0.2) is 8.78 Å². The van der Waals surface area contributed by atoms with Gasteiger partial charge in [0, 0.05) is 5.56 Å². The zero-order valence-corrected chi connectivity index (χ0v) is 19.3. The predicted octanol–water partition coefficient (Wildman–Crippen LogP) is 7.81. The first kappa shape index (κ1) is 23.3. The van der Waals surface area contributed by atoms with Gasteiger partial charge in [0.1, 0.15) is 12.4 Å². The van der Waals surface area contributed by atoms with Crippen LogP contribution in [0.3, 0.4) is 0 Å². The van der Waals surface area contributed by atoms with E-state index in [0.29, 0.717) is 17.0 Å². The van der Waals surface area contributed by atoms with Gasteiger partial charge < -0.3 is 4.74 Å². The minimum absolute atomic E-state index is 0.154. The van der Waals surface area contributed by atoms with E-state index in [1.807, 2.05) is 6.07 Å². The van der Waals surface area contributed by atoms with Gasteiger partial charge in [0.15, 0.2) is 11.6 Å². The first-order chi connectivity index (χ1) is 16.1. The van der Waals surface area contributed by atoms with Gasteiger partial charge in [0.05, 0.1) is 5.56 Å². The number of ether oxygens (including phenoxy) is 1. The molecule has 4 atom stereocenters. The summed E-state index contributed by atoms with van der Waals surface area (Å²) in [5, 5.41) is 0. The number of halogens is 2. The number of allylic oxidation sites excluding steroid dienone is 2. The molecule has 0 bridgehead atoms. The van der Waals surface area contributed by atoms with E-state index in [4.69, 9.17) is 4.74 Å². The van der Waals surface area contributed by atoms with Gasteiger partial charge >= 0.3 is 0 Å². The van der Waals surface area contributed by atoms with Crippen molar-refractivity contribution in [3.05, 3.63) is 89.5 Å². The van der Waals surface area contributed by atoms with E-state index in [1.165, 1.54) is 37.8 Å². The number of benzene rings is 2. The van der Waals surface area contributed by atoms with Gasteiger partial charge in [-0.05, 0) is 105 Å². The van der Waals surface area contributed by atoms with E-state index >= 15 is 0 Å². The van der Waals surface area contributed by atoms with E-state index in [9.17, 15) is 8.78 Å². The van der Waals surface area contributed by atoms with Crippen molar-refractivity contribution in [1.82, 2.24) is 0 Å². The lowest BCUT2D eigenvalue weighted by Crippen LogP contribution is -2.30. The predicted molar refractivity (Wildman–Crippen MR) is 130 cm³/mol. The molecule has 0 spiro atoms. The molecule has 2 aliphatic carbocycles. The molecule has 3 heteroatoms. The van der Waals surface area contributed by atoms with Crippen molar-refractivity contribution in [1.29, 1.82) is 0 Å². The Hall–Kier alpha value is -2.86. The molecule has 0 saturated heterocycles. The SMILES string of the molecule is C=CCOc1ccc(C#Cc2ccc(C3CCC4CC(/C=C/C)CCC4C3)cc2F)cc1F. The quantitative estimate of drug-likeness (QED) is 0.336. The van der Waals surface area contributed by atoms with Crippen LogP contribution in [0.1, 0.15) is 68.1 Å². The van der Waals surface area contributed by atoms with Crippen molar-refractivity contribution in [2.24, 2.45) is 17.8 Å². The molecule has 33 heavy (non-hydrogen) atoms. The van der Waals surface area contributed by atoms with Crippen molar-refractivity contribution in [3.8, 4) is 17.6 Å². The van der Waals surface area contributed by atoms with Gasteiger partial charge in [0.2, 0.25) is 0 Å². The number of hydrogen-bond acceptors (Lipinski definition) is 1. The molecular weight excluding hydrogens is 414 g/mol. The highest BCUT2D eigenvalue weighted by atomic mass is 19.1. The van der Waals surface area contributed by atoms with Crippen LogP contribution in [0.25, 0.3) is 0 Å². The van der Waals surface area contributed by atoms with Crippen molar-refractivity contribution >= 4 is 0 Å². The van der Waals surface area contributed by atoms with E-state index in [2.05, 4.69) is 37.5 Å². The van der Waals surface area contributed by atoms with Gasteiger partial charge in [-0.1, -0.05) is 42.7 Å². The smallest absolute Gasteiger partial charge is 0.166 e. The van der Waals surface area contributed by atoms with Crippen molar-refractivity contribution in [2.45, 2.75) is 51.4 Å². The Morgan fingerprint density at radius 3 is 2.55 bits per heavy atom. The van der Waals surface area contributed by atoms with Crippen LogP contribution in [0, 0.1) is 41.2 Å². The topological polar surface area (TPSA) is 9.23 Å². The summed E-state index contributed by atoms with van der Waals surface area (Å²) in [6.07, 6.45) is 13.5. The first-order valence-electron chi connectivity index (χ1n) is 12.0. The molecule has 4 unspecified atom stereocenters. The molecule has 0 radical (unpaired) electrons. The average Bonchev–Trinajstić information content (AvgIpc) is 2.82. The third-order valence-electron chi connectivity index (χ3n) is 7.21. The molecule has 0 aromatic heterocycles. The molecular formula is C30H32F2O. The summed E-state index contributed by atoms with van der Waals surface area (Å²) in [6, 6.07) is 9.96. The van der Waals surface area contributed by atoms with Gasteiger partial charge in [-0.2, -0.15) is 0 Å². The molecule has 0 N–H and O–H groups in total. The summed E-state index contributed by atoms with van der Waals surface area (Å²) in [6.45, 7) is 5.90. The van der Waals surface area contributed by atoms with Gasteiger partial charge in [0.25, 0.3) is 0 Å². The number of hydrogen-bond donors (Lipinski definition) is 0. The Balaban J connectivity index is 1.41. The molecule has 2 aliphatic rings. The Morgan fingerprint density at radius 1 is 0.970 bits per heavy atom. The molecule has 0 heterocycles. The molecule has 1 nitrogen and oxygen atoms in total. The molecule has 2 fully saturated rings. The third-order valence-corrected chi connectivity index (χ3v) is 7.21. The van der Waals surface area contributed by atoms with Gasteiger partial charge in [-0.3, -0.25) is 0 Å². The number of rotatable bonds is 5. The molecule has 172 valence electrons. The monoisotopic (exact) mass is 446 g/mol. The Bertz CT molecular complexity index is 1070. The highest BCUT2D eigenvalue weighted by Gasteiger charge is 2.35. The lowest BCUT2D eigenvalue weighted by Gasteiger charge is -2.41. The zero-order chi connectivity index (χ0) is 23.2. The van der Waals surface area contributed by atoms with Crippen LogP contribution in [0.2, 0.25) is 0 Å². The van der Waals surface area contributed by atoms with Crippen LogP contribution in [0.5, 0.6) is 5.75 Å². The second kappa shape index (κ2) is 10.8. The number of fused-ring (bicyclic) bond motifs is 1. The fourth-order valence-corrected chi connectivity index (χ4v) is 5.55. The summed E-state index contributed by atoms with van der Waals surface area (Å²) >= 11 is 0. The first-order valence-corrected chi connectivity index (χ1v) is 12.0. The average molecular weight is 447 g/mol. The van der Waals surface area contributed by atoms with E-state index in [1.54, 1.807) is 24.3 Å². The minimum atomic E-state index is -0.491. The van der Waals surface area contributed by atoms with Crippen molar-refractivity contribution in [2.75, 3.05) is 6.61 Å². The van der Waals surface area contributed by atoms with E-state index in [0.717, 1.165) is 36.2 Å². The standard InChI is InChI=1S/C30H32F2O/c1-3-5-21-7-10-25-19-26(14-13-24(25)17-21)27-12-11-23(28(31)20-27)9-6-22-8-15-30(29(32)18-22)33-16-4-2/h3-5,8,11-12,15,18,20-21,24-26H,2,7,10,13-14,16-17,19H2,1H3/b5-3+. The molecule has 0 aliphatic heterocycles. The maximum absolute atomic E-state index is 14.8. The van der Waals surface area contributed by atoms with E-state index < -0.39 is 5.82 Å². The minimum Gasteiger partial charge on any atom is -0.486 e. The molecule has 2 aromatic carbocycles. The Morgan fingerprint density at radius 2 is 1.79 bits per heavy atom. The normalized spacial score (nSPS) is 24.6. The van der Waals surface area contributed by atoms with Crippen LogP contribution < -0.4 is 4.74 Å². The summed E-state index contributed by atoms with van der Waals surface area (Å²) in [4.78, 5) is 0.